The number of hydrogen-bond acceptors (Lipinski definition) is 2. The number of fused-ring (bicyclic) bond motifs is 1. The monoisotopic (exact) mass is 330 g/mol. The van der Waals surface area contributed by atoms with E-state index in [1.54, 1.807) is 0 Å². The Balaban J connectivity index is 1.92. The Morgan fingerprint density at radius 3 is 2.39 bits per heavy atom. The fourth-order valence-electron chi connectivity index (χ4n) is 2.52. The number of halogens is 2. The molecular formula is C14H16BrClO2. The molecule has 0 aromatic heterocycles. The van der Waals surface area contributed by atoms with Crippen molar-refractivity contribution in [2.75, 3.05) is 13.2 Å². The molecule has 0 bridgehead atoms. The second kappa shape index (κ2) is 4.31. The maximum absolute atomic E-state index is 6.36. The van der Waals surface area contributed by atoms with Gasteiger partial charge in [-0.2, -0.15) is 0 Å². The van der Waals surface area contributed by atoms with Gasteiger partial charge in [0.05, 0.1) is 0 Å². The van der Waals surface area contributed by atoms with E-state index in [0.717, 1.165) is 22.1 Å². The Morgan fingerprint density at radius 1 is 1.28 bits per heavy atom. The Hall–Kier alpha value is -0.410. The number of hydrogen-bond donors (Lipinski definition) is 0. The first kappa shape index (κ1) is 12.6. The van der Waals surface area contributed by atoms with Gasteiger partial charge in [-0.1, -0.05) is 41.4 Å². The quantitative estimate of drug-likeness (QED) is 0.738. The standard InChI is InChI=1S/C14H16BrClO2/c1-14(2)7-9(14)13(15)8-5-11-12(6-10(8)16)18-4-3-17-11/h5-6,9,13H,3-4,7H2,1-2H3. The molecule has 0 radical (unpaired) electrons. The summed E-state index contributed by atoms with van der Waals surface area (Å²) < 4.78 is 11.1. The number of rotatable bonds is 2. The smallest absolute Gasteiger partial charge is 0.162 e. The third kappa shape index (κ3) is 2.12. The van der Waals surface area contributed by atoms with E-state index in [-0.39, 0.29) is 4.83 Å². The van der Waals surface area contributed by atoms with Gasteiger partial charge in [0, 0.05) is 15.9 Å². The Morgan fingerprint density at radius 2 is 1.83 bits per heavy atom. The highest BCUT2D eigenvalue weighted by Gasteiger charge is 2.50. The molecule has 1 aliphatic heterocycles. The molecule has 4 heteroatoms. The van der Waals surface area contributed by atoms with Crippen LogP contribution in [-0.2, 0) is 0 Å². The van der Waals surface area contributed by atoms with E-state index in [1.165, 1.54) is 6.42 Å². The average molecular weight is 332 g/mol. The van der Waals surface area contributed by atoms with Crippen LogP contribution in [0.3, 0.4) is 0 Å². The van der Waals surface area contributed by atoms with Crippen molar-refractivity contribution in [2.24, 2.45) is 11.3 Å². The largest absolute Gasteiger partial charge is 0.486 e. The number of alkyl halides is 1. The fraction of sp³-hybridized carbons (Fsp3) is 0.571. The molecule has 2 atom stereocenters. The van der Waals surface area contributed by atoms with E-state index in [2.05, 4.69) is 29.8 Å². The summed E-state index contributed by atoms with van der Waals surface area (Å²) >= 11 is 10.1. The van der Waals surface area contributed by atoms with E-state index in [0.29, 0.717) is 24.5 Å². The molecule has 18 heavy (non-hydrogen) atoms. The number of ether oxygens (including phenoxy) is 2. The zero-order valence-electron chi connectivity index (χ0n) is 10.5. The lowest BCUT2D eigenvalue weighted by Gasteiger charge is -2.21. The average Bonchev–Trinajstić information content (AvgIpc) is 2.97. The predicted octanol–water partition coefficient (Wildman–Crippen LogP) is 4.59. The summed E-state index contributed by atoms with van der Waals surface area (Å²) in [4.78, 5) is 0.288. The summed E-state index contributed by atoms with van der Waals surface area (Å²) in [6.07, 6.45) is 1.23. The summed E-state index contributed by atoms with van der Waals surface area (Å²) in [5.74, 6) is 2.20. The molecule has 3 rings (SSSR count). The zero-order chi connectivity index (χ0) is 12.9. The van der Waals surface area contributed by atoms with E-state index < -0.39 is 0 Å². The van der Waals surface area contributed by atoms with Gasteiger partial charge in [-0.05, 0) is 29.4 Å². The summed E-state index contributed by atoms with van der Waals surface area (Å²) in [5, 5.41) is 0.754. The molecule has 1 saturated carbocycles. The van der Waals surface area contributed by atoms with Crippen molar-refractivity contribution in [3.8, 4) is 11.5 Å². The van der Waals surface area contributed by atoms with Crippen LogP contribution in [0.5, 0.6) is 11.5 Å². The lowest BCUT2D eigenvalue weighted by atomic mass is 10.0. The van der Waals surface area contributed by atoms with E-state index in [4.69, 9.17) is 21.1 Å². The van der Waals surface area contributed by atoms with Crippen LogP contribution in [0.25, 0.3) is 0 Å². The van der Waals surface area contributed by atoms with Crippen LogP contribution < -0.4 is 9.47 Å². The van der Waals surface area contributed by atoms with Gasteiger partial charge >= 0.3 is 0 Å². The third-order valence-corrected chi connectivity index (χ3v) is 5.36. The minimum Gasteiger partial charge on any atom is -0.486 e. The summed E-state index contributed by atoms with van der Waals surface area (Å²) in [6, 6.07) is 3.89. The van der Waals surface area contributed by atoms with Crippen LogP contribution in [0, 0.1) is 11.3 Å². The van der Waals surface area contributed by atoms with Crippen LogP contribution >= 0.6 is 27.5 Å². The van der Waals surface area contributed by atoms with Gasteiger partial charge in [-0.3, -0.25) is 0 Å². The van der Waals surface area contributed by atoms with Crippen molar-refractivity contribution < 1.29 is 9.47 Å². The van der Waals surface area contributed by atoms with Crippen LogP contribution in [0.4, 0.5) is 0 Å². The lowest BCUT2D eigenvalue weighted by Crippen LogP contribution is -2.15. The van der Waals surface area contributed by atoms with Crippen molar-refractivity contribution >= 4 is 27.5 Å². The topological polar surface area (TPSA) is 18.5 Å². The van der Waals surface area contributed by atoms with Gasteiger partial charge in [0.15, 0.2) is 11.5 Å². The minimum absolute atomic E-state index is 0.288. The molecule has 98 valence electrons. The molecule has 0 N–H and O–H groups in total. The molecule has 2 unspecified atom stereocenters. The summed E-state index contributed by atoms with van der Waals surface area (Å²) in [7, 11) is 0. The molecule has 1 fully saturated rings. The third-order valence-electron chi connectivity index (χ3n) is 3.90. The first-order chi connectivity index (χ1) is 8.49. The Kier molecular flexibility index (Phi) is 3.02. The second-order valence-electron chi connectivity index (χ2n) is 5.72. The first-order valence-corrected chi connectivity index (χ1v) is 7.51. The van der Waals surface area contributed by atoms with Crippen LogP contribution in [-0.4, -0.2) is 13.2 Å². The molecule has 2 nitrogen and oxygen atoms in total. The van der Waals surface area contributed by atoms with Crippen molar-refractivity contribution in [1.82, 2.24) is 0 Å². The zero-order valence-corrected chi connectivity index (χ0v) is 12.8. The maximum atomic E-state index is 6.36. The summed E-state index contributed by atoms with van der Waals surface area (Å²) in [5.41, 5.74) is 1.52. The SMILES string of the molecule is CC1(C)CC1C(Br)c1cc2c(cc1Cl)OCCO2. The molecule has 0 saturated heterocycles. The van der Waals surface area contributed by atoms with Crippen molar-refractivity contribution in [3.05, 3.63) is 22.7 Å². The molecule has 1 heterocycles. The normalized spacial score (nSPS) is 25.7. The van der Waals surface area contributed by atoms with Gasteiger partial charge in [0.25, 0.3) is 0 Å². The molecule has 1 aromatic rings. The molecule has 1 aliphatic carbocycles. The van der Waals surface area contributed by atoms with Crippen LogP contribution in [0.1, 0.15) is 30.7 Å². The van der Waals surface area contributed by atoms with E-state index in [9.17, 15) is 0 Å². The molecule has 0 amide bonds. The Labute approximate surface area is 121 Å². The van der Waals surface area contributed by atoms with E-state index in [1.807, 2.05) is 12.1 Å². The fourth-order valence-corrected chi connectivity index (χ4v) is 4.20. The predicted molar refractivity (Wildman–Crippen MR) is 76.0 cm³/mol. The van der Waals surface area contributed by atoms with Gasteiger partial charge < -0.3 is 9.47 Å². The highest BCUT2D eigenvalue weighted by Crippen LogP contribution is 2.61. The Bertz CT molecular complexity index is 487. The number of benzene rings is 1. The van der Waals surface area contributed by atoms with Crippen molar-refractivity contribution in [1.29, 1.82) is 0 Å². The van der Waals surface area contributed by atoms with Gasteiger partial charge in [-0.25, -0.2) is 0 Å². The molecule has 1 aromatic carbocycles. The molecular weight excluding hydrogens is 316 g/mol. The van der Waals surface area contributed by atoms with Gasteiger partial charge in [0.2, 0.25) is 0 Å². The van der Waals surface area contributed by atoms with Crippen molar-refractivity contribution in [2.45, 2.75) is 25.1 Å². The lowest BCUT2D eigenvalue weighted by molar-refractivity contribution is 0.171. The van der Waals surface area contributed by atoms with E-state index >= 15 is 0 Å². The molecule has 2 aliphatic rings. The van der Waals surface area contributed by atoms with Gasteiger partial charge in [-0.15, -0.1) is 0 Å². The maximum Gasteiger partial charge on any atom is 0.162 e. The van der Waals surface area contributed by atoms with Crippen LogP contribution in [0.15, 0.2) is 12.1 Å². The highest BCUT2D eigenvalue weighted by molar-refractivity contribution is 9.09. The summed E-state index contributed by atoms with van der Waals surface area (Å²) in [6.45, 7) is 5.78. The minimum atomic E-state index is 0.288. The van der Waals surface area contributed by atoms with Crippen molar-refractivity contribution in [3.63, 3.8) is 0 Å². The second-order valence-corrected chi connectivity index (χ2v) is 7.11. The van der Waals surface area contributed by atoms with Gasteiger partial charge in [0.1, 0.15) is 13.2 Å². The molecule has 0 spiro atoms. The first-order valence-electron chi connectivity index (χ1n) is 6.22. The highest BCUT2D eigenvalue weighted by atomic mass is 79.9. The van der Waals surface area contributed by atoms with Crippen LogP contribution in [0.2, 0.25) is 5.02 Å².